The van der Waals surface area contributed by atoms with Crippen LogP contribution in [0.3, 0.4) is 0 Å². The number of amides is 3. The fourth-order valence-electron chi connectivity index (χ4n) is 5.05. The molecular weight excluding hydrogens is 366 g/mol. The van der Waals surface area contributed by atoms with Crippen LogP contribution in [0.4, 0.5) is 4.79 Å². The summed E-state index contributed by atoms with van der Waals surface area (Å²) in [6, 6.07) is 10.1. The molecule has 2 N–H and O–H groups in total. The highest BCUT2D eigenvalue weighted by molar-refractivity contribution is 5.83. The Balaban J connectivity index is 1.52. The maximum absolute atomic E-state index is 13.0. The van der Waals surface area contributed by atoms with Gasteiger partial charge in [0.2, 0.25) is 5.91 Å². The van der Waals surface area contributed by atoms with Crippen molar-refractivity contribution in [2.75, 3.05) is 19.7 Å². The number of likely N-dealkylation sites (tertiary alicyclic amines) is 1. The molecule has 3 fully saturated rings. The standard InChI is InChI=1S/C23H33N3O3/c1-2-25(23(29)24-18-10-6-7-11-18)14-19-21(16-8-4-3-5-9-16)20(15-27)26(19)22(28)17-12-13-17/h3-5,8-9,17-21,27H,2,6-7,10-15H2,1H3,(H,24,29)/t19-,20+,21-/m0/s1. The molecule has 0 bridgehead atoms. The van der Waals surface area contributed by atoms with E-state index in [4.69, 9.17) is 0 Å². The third-order valence-electron chi connectivity index (χ3n) is 6.86. The third-order valence-corrected chi connectivity index (χ3v) is 6.86. The molecule has 2 saturated carbocycles. The average molecular weight is 400 g/mol. The van der Waals surface area contributed by atoms with Gasteiger partial charge in [-0.15, -0.1) is 0 Å². The Morgan fingerprint density at radius 2 is 1.79 bits per heavy atom. The van der Waals surface area contributed by atoms with Crippen molar-refractivity contribution in [3.63, 3.8) is 0 Å². The van der Waals surface area contributed by atoms with Crippen molar-refractivity contribution in [3.8, 4) is 0 Å². The van der Waals surface area contributed by atoms with E-state index in [2.05, 4.69) is 17.4 Å². The van der Waals surface area contributed by atoms with Gasteiger partial charge in [0.15, 0.2) is 0 Å². The van der Waals surface area contributed by atoms with Gasteiger partial charge in [-0.3, -0.25) is 4.79 Å². The summed E-state index contributed by atoms with van der Waals surface area (Å²) in [5, 5.41) is 13.2. The second-order valence-electron chi connectivity index (χ2n) is 8.74. The van der Waals surface area contributed by atoms with Crippen molar-refractivity contribution < 1.29 is 14.7 Å². The van der Waals surface area contributed by atoms with Crippen LogP contribution in [0.1, 0.15) is 56.9 Å². The highest BCUT2D eigenvalue weighted by Gasteiger charge is 2.54. The largest absolute Gasteiger partial charge is 0.394 e. The van der Waals surface area contributed by atoms with Crippen LogP contribution >= 0.6 is 0 Å². The number of carbonyl (C=O) groups excluding carboxylic acids is 2. The lowest BCUT2D eigenvalue weighted by Gasteiger charge is -2.56. The van der Waals surface area contributed by atoms with Gasteiger partial charge in [-0.2, -0.15) is 0 Å². The van der Waals surface area contributed by atoms with Gasteiger partial charge in [-0.25, -0.2) is 4.79 Å². The van der Waals surface area contributed by atoms with E-state index in [1.54, 1.807) is 0 Å². The molecule has 0 radical (unpaired) electrons. The number of urea groups is 1. The SMILES string of the molecule is CCN(C[C@H]1[C@H](c2ccccc2)[C@@H](CO)N1C(=O)C1CC1)C(=O)NC1CCCC1. The number of hydrogen-bond donors (Lipinski definition) is 2. The van der Waals surface area contributed by atoms with Gasteiger partial charge < -0.3 is 20.2 Å². The van der Waals surface area contributed by atoms with Crippen LogP contribution in [0.15, 0.2) is 30.3 Å². The van der Waals surface area contributed by atoms with Crippen LogP contribution in [0.25, 0.3) is 0 Å². The summed E-state index contributed by atoms with van der Waals surface area (Å²) in [4.78, 5) is 29.6. The van der Waals surface area contributed by atoms with Crippen LogP contribution in [0, 0.1) is 5.92 Å². The van der Waals surface area contributed by atoms with E-state index in [0.717, 1.165) is 31.2 Å². The first-order valence-electron chi connectivity index (χ1n) is 11.2. The molecule has 1 aromatic rings. The summed E-state index contributed by atoms with van der Waals surface area (Å²) >= 11 is 0. The van der Waals surface area contributed by atoms with Crippen molar-refractivity contribution in [2.24, 2.45) is 5.92 Å². The molecule has 4 rings (SSSR count). The minimum atomic E-state index is -0.202. The second kappa shape index (κ2) is 8.74. The van der Waals surface area contributed by atoms with Crippen molar-refractivity contribution >= 4 is 11.9 Å². The molecule has 6 heteroatoms. The molecule has 2 aliphatic carbocycles. The number of aliphatic hydroxyl groups excluding tert-OH is 1. The van der Waals surface area contributed by atoms with E-state index in [1.165, 1.54) is 12.8 Å². The second-order valence-corrected chi connectivity index (χ2v) is 8.74. The molecule has 0 spiro atoms. The summed E-state index contributed by atoms with van der Waals surface area (Å²) in [5.74, 6) is 0.302. The Labute approximate surface area is 173 Å². The first kappa shape index (κ1) is 20.2. The quantitative estimate of drug-likeness (QED) is 0.740. The topological polar surface area (TPSA) is 72.9 Å². The van der Waals surface area contributed by atoms with Crippen molar-refractivity contribution in [3.05, 3.63) is 35.9 Å². The molecule has 6 nitrogen and oxygen atoms in total. The minimum Gasteiger partial charge on any atom is -0.394 e. The molecule has 3 aliphatic rings. The van der Waals surface area contributed by atoms with Gasteiger partial charge in [0, 0.05) is 31.0 Å². The number of benzene rings is 1. The Hall–Kier alpha value is -2.08. The Morgan fingerprint density at radius 3 is 2.38 bits per heavy atom. The number of hydrogen-bond acceptors (Lipinski definition) is 3. The first-order chi connectivity index (χ1) is 14.1. The van der Waals surface area contributed by atoms with E-state index in [-0.39, 0.29) is 48.5 Å². The summed E-state index contributed by atoms with van der Waals surface area (Å²) in [5.41, 5.74) is 1.13. The molecule has 1 saturated heterocycles. The van der Waals surface area contributed by atoms with E-state index >= 15 is 0 Å². The van der Waals surface area contributed by atoms with Gasteiger partial charge in [-0.1, -0.05) is 43.2 Å². The van der Waals surface area contributed by atoms with Crippen LogP contribution in [0.2, 0.25) is 0 Å². The number of aliphatic hydroxyl groups is 1. The summed E-state index contributed by atoms with van der Waals surface area (Å²) in [6.45, 7) is 3.05. The molecule has 158 valence electrons. The number of nitrogens with one attached hydrogen (secondary N) is 1. The highest BCUT2D eigenvalue weighted by Crippen LogP contribution is 2.44. The summed E-state index contributed by atoms with van der Waals surface area (Å²) < 4.78 is 0. The van der Waals surface area contributed by atoms with Crippen LogP contribution in [-0.2, 0) is 4.79 Å². The fraction of sp³-hybridized carbons (Fsp3) is 0.652. The van der Waals surface area contributed by atoms with Crippen LogP contribution in [0.5, 0.6) is 0 Å². The number of likely N-dealkylation sites (N-methyl/N-ethyl adjacent to an activating group) is 1. The van der Waals surface area contributed by atoms with Gasteiger partial charge in [0.25, 0.3) is 0 Å². The molecule has 0 unspecified atom stereocenters. The predicted molar refractivity (Wildman–Crippen MR) is 111 cm³/mol. The summed E-state index contributed by atoms with van der Waals surface area (Å²) in [6.07, 6.45) is 6.34. The normalized spacial score (nSPS) is 26.8. The number of rotatable bonds is 7. The Kier molecular flexibility index (Phi) is 6.09. The van der Waals surface area contributed by atoms with Gasteiger partial charge >= 0.3 is 6.03 Å². The van der Waals surface area contributed by atoms with E-state index < -0.39 is 0 Å². The Bertz CT molecular complexity index is 715. The molecule has 3 amide bonds. The maximum atomic E-state index is 13.0. The first-order valence-corrected chi connectivity index (χ1v) is 11.2. The van der Waals surface area contributed by atoms with Crippen molar-refractivity contribution in [1.29, 1.82) is 0 Å². The fourth-order valence-corrected chi connectivity index (χ4v) is 5.05. The average Bonchev–Trinajstić information content (AvgIpc) is 3.46. The molecule has 0 aromatic heterocycles. The van der Waals surface area contributed by atoms with Crippen molar-refractivity contribution in [1.82, 2.24) is 15.1 Å². The van der Waals surface area contributed by atoms with E-state index in [0.29, 0.717) is 13.1 Å². The van der Waals surface area contributed by atoms with Crippen molar-refractivity contribution in [2.45, 2.75) is 69.5 Å². The monoisotopic (exact) mass is 399 g/mol. The zero-order valence-corrected chi connectivity index (χ0v) is 17.3. The third kappa shape index (κ3) is 4.13. The van der Waals surface area contributed by atoms with Gasteiger partial charge in [0.05, 0.1) is 18.7 Å². The zero-order valence-electron chi connectivity index (χ0n) is 17.3. The van der Waals surface area contributed by atoms with Crippen LogP contribution in [-0.4, -0.2) is 64.7 Å². The smallest absolute Gasteiger partial charge is 0.317 e. The lowest BCUT2D eigenvalue weighted by molar-refractivity contribution is -0.153. The van der Waals surface area contributed by atoms with Crippen LogP contribution < -0.4 is 5.32 Å². The minimum absolute atomic E-state index is 0.0301. The van der Waals surface area contributed by atoms with Gasteiger partial charge in [0.1, 0.15) is 0 Å². The van der Waals surface area contributed by atoms with E-state index in [9.17, 15) is 14.7 Å². The summed E-state index contributed by atoms with van der Waals surface area (Å²) in [7, 11) is 0. The Morgan fingerprint density at radius 1 is 1.10 bits per heavy atom. The number of nitrogens with zero attached hydrogens (tertiary/aromatic N) is 2. The van der Waals surface area contributed by atoms with E-state index in [1.807, 2.05) is 34.9 Å². The molecule has 3 atom stereocenters. The highest BCUT2D eigenvalue weighted by atomic mass is 16.3. The maximum Gasteiger partial charge on any atom is 0.317 e. The molecular formula is C23H33N3O3. The molecule has 1 heterocycles. The zero-order chi connectivity index (χ0) is 20.4. The van der Waals surface area contributed by atoms with Gasteiger partial charge in [-0.05, 0) is 38.2 Å². The molecule has 29 heavy (non-hydrogen) atoms. The predicted octanol–water partition coefficient (Wildman–Crippen LogP) is 2.73. The molecule has 1 aromatic carbocycles. The lowest BCUT2D eigenvalue weighted by Crippen LogP contribution is -2.69. The molecule has 1 aliphatic heterocycles. The lowest BCUT2D eigenvalue weighted by atomic mass is 9.74. The number of carbonyl (C=O) groups is 2.